The van der Waals surface area contributed by atoms with Gasteiger partial charge in [0.2, 0.25) is 5.88 Å². The number of benzene rings is 1. The summed E-state index contributed by atoms with van der Waals surface area (Å²) in [5.41, 5.74) is 1.44. The van der Waals surface area contributed by atoms with Gasteiger partial charge in [0.15, 0.2) is 0 Å². The lowest BCUT2D eigenvalue weighted by atomic mass is 10.1. The summed E-state index contributed by atoms with van der Waals surface area (Å²) in [6.07, 6.45) is 1.35. The molecule has 0 aliphatic heterocycles. The molecule has 2 rings (SSSR count). The molecule has 1 heterocycles. The van der Waals surface area contributed by atoms with Gasteiger partial charge in [-0.15, -0.1) is 0 Å². The van der Waals surface area contributed by atoms with Gasteiger partial charge in [0.05, 0.1) is 5.56 Å². The maximum atomic E-state index is 13.1. The van der Waals surface area contributed by atoms with Crippen molar-refractivity contribution in [1.82, 2.24) is 9.97 Å². The van der Waals surface area contributed by atoms with E-state index in [2.05, 4.69) is 9.97 Å². The van der Waals surface area contributed by atoms with Gasteiger partial charge >= 0.3 is 0 Å². The number of hydrogen-bond donors (Lipinski definition) is 0. The van der Waals surface area contributed by atoms with E-state index in [4.69, 9.17) is 16.3 Å². The highest BCUT2D eigenvalue weighted by Crippen LogP contribution is 2.33. The van der Waals surface area contributed by atoms with Gasteiger partial charge in [-0.2, -0.15) is 0 Å². The summed E-state index contributed by atoms with van der Waals surface area (Å²) in [4.78, 5) is 8.06. The second-order valence-electron chi connectivity index (χ2n) is 4.55. The molecule has 1 aromatic carbocycles. The summed E-state index contributed by atoms with van der Waals surface area (Å²) in [5.74, 6) is 0.793. The second kappa shape index (κ2) is 5.53. The molecule has 1 aromatic heterocycles. The first kappa shape index (κ1) is 13.7. The molecule has 19 heavy (non-hydrogen) atoms. The molecule has 2 aromatic rings. The number of halogens is 2. The van der Waals surface area contributed by atoms with Crippen molar-refractivity contribution in [2.75, 3.05) is 0 Å². The molecule has 0 spiro atoms. The second-order valence-corrected chi connectivity index (χ2v) is 4.91. The maximum absolute atomic E-state index is 13.1. The van der Waals surface area contributed by atoms with Crippen molar-refractivity contribution < 1.29 is 9.13 Å². The molecule has 0 fully saturated rings. The van der Waals surface area contributed by atoms with E-state index in [-0.39, 0.29) is 11.7 Å². The lowest BCUT2D eigenvalue weighted by molar-refractivity contribution is 0.446. The molecule has 5 heteroatoms. The zero-order valence-electron chi connectivity index (χ0n) is 10.9. The Morgan fingerprint density at radius 2 is 2.00 bits per heavy atom. The van der Waals surface area contributed by atoms with E-state index in [1.807, 2.05) is 13.8 Å². The fourth-order valence-corrected chi connectivity index (χ4v) is 2.10. The van der Waals surface area contributed by atoms with Crippen molar-refractivity contribution >= 4 is 11.6 Å². The normalized spacial score (nSPS) is 10.8. The first-order chi connectivity index (χ1) is 8.99. The highest BCUT2D eigenvalue weighted by Gasteiger charge is 2.16. The molecule has 0 bridgehead atoms. The van der Waals surface area contributed by atoms with Crippen LogP contribution in [0.2, 0.25) is 5.15 Å². The first-order valence-electron chi connectivity index (χ1n) is 5.93. The molecule has 3 nitrogen and oxygen atoms in total. The summed E-state index contributed by atoms with van der Waals surface area (Å²) < 4.78 is 18.8. The summed E-state index contributed by atoms with van der Waals surface area (Å²) in [5, 5.41) is 0.375. The highest BCUT2D eigenvalue weighted by atomic mass is 35.5. The molecule has 0 saturated carbocycles. The number of ether oxygens (including phenoxy) is 1. The van der Waals surface area contributed by atoms with Crippen LogP contribution in [0.5, 0.6) is 11.6 Å². The van der Waals surface area contributed by atoms with Crippen LogP contribution >= 0.6 is 11.6 Å². The molecule has 0 atom stereocenters. The monoisotopic (exact) mass is 280 g/mol. The molecular formula is C14H14ClFN2O. The van der Waals surface area contributed by atoms with E-state index in [9.17, 15) is 4.39 Å². The predicted molar refractivity (Wildman–Crippen MR) is 72.3 cm³/mol. The Morgan fingerprint density at radius 3 is 2.63 bits per heavy atom. The minimum atomic E-state index is -0.297. The lowest BCUT2D eigenvalue weighted by Gasteiger charge is -2.14. The van der Waals surface area contributed by atoms with Crippen molar-refractivity contribution in [3.05, 3.63) is 46.6 Å². The van der Waals surface area contributed by atoms with Crippen molar-refractivity contribution in [2.45, 2.75) is 26.7 Å². The van der Waals surface area contributed by atoms with Crippen LogP contribution in [0.3, 0.4) is 0 Å². The number of rotatable bonds is 3. The summed E-state index contributed by atoms with van der Waals surface area (Å²) in [7, 11) is 0. The molecule has 100 valence electrons. The molecule has 0 N–H and O–H groups in total. The number of aromatic nitrogens is 2. The van der Waals surface area contributed by atoms with Crippen molar-refractivity contribution in [3.63, 3.8) is 0 Å². The Bertz CT molecular complexity index is 602. The SMILES string of the molecule is Cc1cc(F)ccc1Oc1ncnc(Cl)c1C(C)C. The molecule has 0 radical (unpaired) electrons. The third kappa shape index (κ3) is 3.01. The molecule has 0 saturated heterocycles. The van der Waals surface area contributed by atoms with Crippen LogP contribution < -0.4 is 4.74 Å². The largest absolute Gasteiger partial charge is 0.438 e. The van der Waals surface area contributed by atoms with E-state index in [0.717, 1.165) is 5.56 Å². The summed E-state index contributed by atoms with van der Waals surface area (Å²) in [6.45, 7) is 5.74. The maximum Gasteiger partial charge on any atom is 0.227 e. The van der Waals surface area contributed by atoms with Crippen LogP contribution in [0, 0.1) is 12.7 Å². The fraction of sp³-hybridized carbons (Fsp3) is 0.286. The quantitative estimate of drug-likeness (QED) is 0.777. The molecule has 0 aliphatic rings. The van der Waals surface area contributed by atoms with Gasteiger partial charge in [-0.05, 0) is 36.6 Å². The minimum Gasteiger partial charge on any atom is -0.438 e. The average molecular weight is 281 g/mol. The number of nitrogens with zero attached hydrogens (tertiary/aromatic N) is 2. The number of aryl methyl sites for hydroxylation is 1. The highest BCUT2D eigenvalue weighted by molar-refractivity contribution is 6.30. The van der Waals surface area contributed by atoms with E-state index in [1.165, 1.54) is 18.5 Å². The van der Waals surface area contributed by atoms with E-state index < -0.39 is 0 Å². The Labute approximate surface area is 116 Å². The fourth-order valence-electron chi connectivity index (χ4n) is 1.76. The van der Waals surface area contributed by atoms with Crippen LogP contribution in [0.4, 0.5) is 4.39 Å². The lowest BCUT2D eigenvalue weighted by Crippen LogP contribution is -2.00. The Morgan fingerprint density at radius 1 is 1.26 bits per heavy atom. The van der Waals surface area contributed by atoms with E-state index in [0.29, 0.717) is 22.3 Å². The third-order valence-corrected chi connectivity index (χ3v) is 3.02. The molecule has 0 unspecified atom stereocenters. The van der Waals surface area contributed by atoms with Gasteiger partial charge < -0.3 is 4.74 Å². The molecule has 0 amide bonds. The predicted octanol–water partition coefficient (Wildman–Crippen LogP) is 4.49. The van der Waals surface area contributed by atoms with Gasteiger partial charge in [0, 0.05) is 0 Å². The first-order valence-corrected chi connectivity index (χ1v) is 6.31. The van der Waals surface area contributed by atoms with Crippen molar-refractivity contribution in [2.24, 2.45) is 0 Å². The van der Waals surface area contributed by atoms with Crippen LogP contribution in [0.15, 0.2) is 24.5 Å². The van der Waals surface area contributed by atoms with Crippen LogP contribution in [0.25, 0.3) is 0 Å². The van der Waals surface area contributed by atoms with Gasteiger partial charge in [-0.3, -0.25) is 0 Å². The van der Waals surface area contributed by atoms with Crippen LogP contribution in [-0.4, -0.2) is 9.97 Å². The van der Waals surface area contributed by atoms with Gasteiger partial charge in [-0.25, -0.2) is 14.4 Å². The van der Waals surface area contributed by atoms with Gasteiger partial charge in [-0.1, -0.05) is 25.4 Å². The Hall–Kier alpha value is -1.68. The van der Waals surface area contributed by atoms with Crippen LogP contribution in [-0.2, 0) is 0 Å². The minimum absolute atomic E-state index is 0.129. The standard InChI is InChI=1S/C14H14ClFN2O/c1-8(2)12-13(15)17-7-18-14(12)19-11-5-4-10(16)6-9(11)3/h4-8H,1-3H3. The third-order valence-electron chi connectivity index (χ3n) is 2.72. The van der Waals surface area contributed by atoms with Crippen molar-refractivity contribution in [3.8, 4) is 11.6 Å². The molecular weight excluding hydrogens is 267 g/mol. The van der Waals surface area contributed by atoms with Crippen LogP contribution in [0.1, 0.15) is 30.9 Å². The van der Waals surface area contributed by atoms with E-state index in [1.54, 1.807) is 13.0 Å². The van der Waals surface area contributed by atoms with Crippen molar-refractivity contribution in [1.29, 1.82) is 0 Å². The Kier molecular flexibility index (Phi) is 4.00. The Balaban J connectivity index is 2.41. The van der Waals surface area contributed by atoms with E-state index >= 15 is 0 Å². The topological polar surface area (TPSA) is 35.0 Å². The number of hydrogen-bond acceptors (Lipinski definition) is 3. The average Bonchev–Trinajstić information content (AvgIpc) is 2.32. The molecule has 0 aliphatic carbocycles. The van der Waals surface area contributed by atoms with Gasteiger partial charge in [0.1, 0.15) is 23.0 Å². The zero-order chi connectivity index (χ0) is 14.0. The zero-order valence-corrected chi connectivity index (χ0v) is 11.7. The smallest absolute Gasteiger partial charge is 0.227 e. The summed E-state index contributed by atoms with van der Waals surface area (Å²) >= 11 is 6.06. The van der Waals surface area contributed by atoms with Gasteiger partial charge in [0.25, 0.3) is 0 Å². The summed E-state index contributed by atoms with van der Waals surface area (Å²) in [6, 6.07) is 4.33.